The van der Waals surface area contributed by atoms with Gasteiger partial charge in [0.15, 0.2) is 0 Å². The highest BCUT2D eigenvalue weighted by molar-refractivity contribution is 5.94. The van der Waals surface area contributed by atoms with E-state index in [2.05, 4.69) is 0 Å². The van der Waals surface area contributed by atoms with Crippen LogP contribution in [-0.2, 0) is 6.42 Å². The highest BCUT2D eigenvalue weighted by Gasteiger charge is 2.33. The number of rotatable bonds is 9. The fraction of sp³-hybridized carbons (Fsp3) is 0.300. The van der Waals surface area contributed by atoms with Crippen LogP contribution in [0.5, 0.6) is 0 Å². The molecule has 2 aromatic carbocycles. The summed E-state index contributed by atoms with van der Waals surface area (Å²) in [4.78, 5) is 34.3. The maximum Gasteiger partial charge on any atom is 0.261 e. The number of nitrogens with two attached hydrogens (primary N) is 1. The van der Waals surface area contributed by atoms with Crippen molar-refractivity contribution in [2.75, 3.05) is 13.1 Å². The van der Waals surface area contributed by atoms with Crippen LogP contribution in [0.2, 0.25) is 0 Å². The van der Waals surface area contributed by atoms with Crippen molar-refractivity contribution in [3.05, 3.63) is 117 Å². The average Bonchev–Trinajstić information content (AvgIpc) is 2.90. The molecule has 2 aromatic heterocycles. The van der Waals surface area contributed by atoms with E-state index in [1.54, 1.807) is 46.7 Å². The number of hydrogen-bond donors (Lipinski definition) is 1. The number of carbonyl (C=O) groups excluding carboxylic acids is 1. The minimum atomic E-state index is -0.514. The third-order valence-corrected chi connectivity index (χ3v) is 6.61. The summed E-state index contributed by atoms with van der Waals surface area (Å²) in [5.41, 5.74) is 8.99. The monoisotopic (exact) mass is 500 g/mol. The largest absolute Gasteiger partial charge is 0.330 e. The molecule has 4 rings (SSSR count). The van der Waals surface area contributed by atoms with Gasteiger partial charge in [0.2, 0.25) is 0 Å². The van der Waals surface area contributed by atoms with Gasteiger partial charge in [-0.3, -0.25) is 14.0 Å². The van der Waals surface area contributed by atoms with Crippen LogP contribution in [0.1, 0.15) is 59.1 Å². The zero-order valence-corrected chi connectivity index (χ0v) is 21.5. The number of hydrogen-bond acceptors (Lipinski definition) is 4. The Morgan fingerprint density at radius 2 is 1.81 bits per heavy atom. The molecular weight excluding hydrogens is 467 g/mol. The summed E-state index contributed by atoms with van der Waals surface area (Å²) in [6.45, 7) is 6.42. The maximum absolute atomic E-state index is 14.4. The van der Waals surface area contributed by atoms with E-state index in [9.17, 15) is 14.0 Å². The molecular formula is C30H33FN4O2. The molecule has 0 bridgehead atoms. The number of fused-ring (bicyclic) bond motifs is 1. The molecule has 7 heteroatoms. The van der Waals surface area contributed by atoms with Gasteiger partial charge in [-0.05, 0) is 61.2 Å². The number of benzene rings is 2. The number of aryl methyl sites for hydroxylation is 1. The standard InChI is InChI=1S/C30H33FN4O2/c1-20(2)28(35(17-9-15-32)29(36)23-14-13-21(3)25(31)19-23)27-24(18-22-10-5-4-6-11-22)30(37)34-16-8-7-12-26(34)33-27/h4-8,10-14,16,19-20,28H,9,15,17-18,32H2,1-3H3. The molecule has 2 heterocycles. The second-order valence-corrected chi connectivity index (χ2v) is 9.67. The molecule has 0 aliphatic rings. The van der Waals surface area contributed by atoms with Crippen LogP contribution in [0.3, 0.4) is 0 Å². The Morgan fingerprint density at radius 3 is 2.49 bits per heavy atom. The van der Waals surface area contributed by atoms with E-state index in [4.69, 9.17) is 10.7 Å². The van der Waals surface area contributed by atoms with Crippen molar-refractivity contribution in [1.82, 2.24) is 14.3 Å². The van der Waals surface area contributed by atoms with Gasteiger partial charge in [0.25, 0.3) is 11.5 Å². The fourth-order valence-electron chi connectivity index (χ4n) is 4.70. The van der Waals surface area contributed by atoms with E-state index < -0.39 is 11.9 Å². The van der Waals surface area contributed by atoms with Crippen molar-refractivity contribution >= 4 is 11.6 Å². The predicted octanol–water partition coefficient (Wildman–Crippen LogP) is 4.92. The highest BCUT2D eigenvalue weighted by atomic mass is 19.1. The lowest BCUT2D eigenvalue weighted by molar-refractivity contribution is 0.0614. The summed E-state index contributed by atoms with van der Waals surface area (Å²) < 4.78 is 16.0. The lowest BCUT2D eigenvalue weighted by atomic mass is 9.92. The molecule has 0 aliphatic carbocycles. The molecule has 0 saturated heterocycles. The number of halogens is 1. The van der Waals surface area contributed by atoms with Gasteiger partial charge < -0.3 is 10.6 Å². The summed E-state index contributed by atoms with van der Waals surface area (Å²) in [6.07, 6.45) is 2.64. The Kier molecular flexibility index (Phi) is 8.14. The quantitative estimate of drug-likeness (QED) is 0.354. The van der Waals surface area contributed by atoms with Crippen molar-refractivity contribution < 1.29 is 9.18 Å². The second-order valence-electron chi connectivity index (χ2n) is 9.67. The number of carbonyl (C=O) groups is 1. The van der Waals surface area contributed by atoms with E-state index >= 15 is 0 Å². The molecule has 0 spiro atoms. The van der Waals surface area contributed by atoms with Gasteiger partial charge in [0, 0.05) is 30.3 Å². The minimum Gasteiger partial charge on any atom is -0.330 e. The van der Waals surface area contributed by atoms with Gasteiger partial charge in [-0.25, -0.2) is 9.37 Å². The SMILES string of the molecule is Cc1ccc(C(=O)N(CCCN)C(c2nc3ccccn3c(=O)c2Cc2ccccc2)C(C)C)cc1F. The third kappa shape index (κ3) is 5.62. The van der Waals surface area contributed by atoms with Crippen molar-refractivity contribution in [1.29, 1.82) is 0 Å². The number of pyridine rings is 1. The van der Waals surface area contributed by atoms with Crippen LogP contribution >= 0.6 is 0 Å². The fourth-order valence-corrected chi connectivity index (χ4v) is 4.70. The Hall–Kier alpha value is -3.84. The molecule has 1 amide bonds. The van der Waals surface area contributed by atoms with Crippen LogP contribution < -0.4 is 11.3 Å². The average molecular weight is 501 g/mol. The lowest BCUT2D eigenvalue weighted by Crippen LogP contribution is -2.41. The Labute approximate surface area is 216 Å². The van der Waals surface area contributed by atoms with Gasteiger partial charge in [-0.15, -0.1) is 0 Å². The summed E-state index contributed by atoms with van der Waals surface area (Å²) in [6, 6.07) is 19.2. The lowest BCUT2D eigenvalue weighted by Gasteiger charge is -2.35. The van der Waals surface area contributed by atoms with E-state index in [0.29, 0.717) is 48.4 Å². The Balaban J connectivity index is 1.91. The first-order valence-corrected chi connectivity index (χ1v) is 12.6. The molecule has 4 aromatic rings. The molecule has 0 aliphatic heterocycles. The van der Waals surface area contributed by atoms with E-state index in [0.717, 1.165) is 5.56 Å². The molecule has 1 atom stereocenters. The highest BCUT2D eigenvalue weighted by Crippen LogP contribution is 2.32. The minimum absolute atomic E-state index is 0.0791. The molecule has 0 fully saturated rings. The summed E-state index contributed by atoms with van der Waals surface area (Å²) >= 11 is 0. The van der Waals surface area contributed by atoms with Crippen LogP contribution in [-0.4, -0.2) is 33.3 Å². The van der Waals surface area contributed by atoms with Crippen molar-refractivity contribution in [3.8, 4) is 0 Å². The third-order valence-electron chi connectivity index (χ3n) is 6.61. The zero-order valence-electron chi connectivity index (χ0n) is 21.5. The van der Waals surface area contributed by atoms with Crippen LogP contribution in [0.4, 0.5) is 4.39 Å². The molecule has 1 unspecified atom stereocenters. The number of nitrogens with zero attached hydrogens (tertiary/aromatic N) is 3. The van der Waals surface area contributed by atoms with Crippen LogP contribution in [0.15, 0.2) is 77.7 Å². The van der Waals surface area contributed by atoms with Gasteiger partial charge in [-0.1, -0.05) is 56.3 Å². The summed E-state index contributed by atoms with van der Waals surface area (Å²) in [5.74, 6) is -0.825. The van der Waals surface area contributed by atoms with E-state index in [-0.39, 0.29) is 22.9 Å². The molecule has 37 heavy (non-hydrogen) atoms. The van der Waals surface area contributed by atoms with E-state index in [1.165, 1.54) is 6.07 Å². The zero-order chi connectivity index (χ0) is 26.5. The van der Waals surface area contributed by atoms with Crippen molar-refractivity contribution in [3.63, 3.8) is 0 Å². The van der Waals surface area contributed by atoms with Crippen molar-refractivity contribution in [2.24, 2.45) is 11.7 Å². The summed E-state index contributed by atoms with van der Waals surface area (Å²) in [5, 5.41) is 0. The Bertz CT molecular complexity index is 1450. The smallest absolute Gasteiger partial charge is 0.261 e. The van der Waals surface area contributed by atoms with Crippen LogP contribution in [0.25, 0.3) is 5.65 Å². The maximum atomic E-state index is 14.4. The first-order valence-electron chi connectivity index (χ1n) is 12.6. The molecule has 0 radical (unpaired) electrons. The summed E-state index contributed by atoms with van der Waals surface area (Å²) in [7, 11) is 0. The molecule has 0 saturated carbocycles. The van der Waals surface area contributed by atoms with Gasteiger partial charge >= 0.3 is 0 Å². The topological polar surface area (TPSA) is 80.7 Å². The molecule has 2 N–H and O–H groups in total. The van der Waals surface area contributed by atoms with E-state index in [1.807, 2.05) is 50.2 Å². The van der Waals surface area contributed by atoms with Gasteiger partial charge in [0.05, 0.1) is 11.7 Å². The normalized spacial score (nSPS) is 12.2. The first kappa shape index (κ1) is 26.2. The van der Waals surface area contributed by atoms with Gasteiger partial charge in [0.1, 0.15) is 11.5 Å². The van der Waals surface area contributed by atoms with Gasteiger partial charge in [-0.2, -0.15) is 0 Å². The van der Waals surface area contributed by atoms with Crippen LogP contribution in [0, 0.1) is 18.7 Å². The predicted molar refractivity (Wildman–Crippen MR) is 144 cm³/mol. The molecule has 192 valence electrons. The first-order chi connectivity index (χ1) is 17.8. The van der Waals surface area contributed by atoms with Crippen molar-refractivity contribution in [2.45, 2.75) is 39.7 Å². The molecule has 6 nitrogen and oxygen atoms in total. The number of amides is 1. The second kappa shape index (κ2) is 11.5. The number of aromatic nitrogens is 2. The Morgan fingerprint density at radius 1 is 1.08 bits per heavy atom.